The lowest BCUT2D eigenvalue weighted by Crippen LogP contribution is -2.69. The van der Waals surface area contributed by atoms with Crippen LogP contribution in [0.15, 0.2) is 273 Å². The molecule has 2 N–H and O–H groups in total. The van der Waals surface area contributed by atoms with E-state index in [9.17, 15) is 43.8 Å². The Balaban J connectivity index is 1.04. The van der Waals surface area contributed by atoms with Crippen LogP contribution in [-0.2, 0) is 66.3 Å². The highest BCUT2D eigenvalue weighted by molar-refractivity contribution is 5.93. The Labute approximate surface area is 605 Å². The molecule has 25 nitrogen and oxygen atoms in total. The van der Waals surface area contributed by atoms with Crippen molar-refractivity contribution in [1.82, 2.24) is 0 Å². The van der Waals surface area contributed by atoms with E-state index in [4.69, 9.17) is 66.3 Å². The summed E-state index contributed by atoms with van der Waals surface area (Å²) in [4.78, 5) is 130. The Morgan fingerprint density at radius 3 is 0.736 bits per heavy atom. The second-order valence-electron chi connectivity index (χ2n) is 24.2. The molecule has 0 spiro atoms. The van der Waals surface area contributed by atoms with E-state index >= 15 is 9.59 Å². The number of benzene rings is 9. The zero-order valence-electron chi connectivity index (χ0n) is 56.0. The van der Waals surface area contributed by atoms with Gasteiger partial charge in [0, 0.05) is 0 Å². The molecule has 0 bridgehead atoms. The molecule has 9 aromatic carbocycles. The Kier molecular flexibility index (Phi) is 24.6. The molecule has 12 rings (SSSR count). The van der Waals surface area contributed by atoms with E-state index in [0.29, 0.717) is 0 Å². The van der Waals surface area contributed by atoms with Crippen molar-refractivity contribution < 1.29 is 120 Å². The van der Waals surface area contributed by atoms with Gasteiger partial charge in [-0.1, -0.05) is 164 Å². The lowest BCUT2D eigenvalue weighted by molar-refractivity contribution is -0.376. The minimum atomic E-state index is -2.36. The first kappa shape index (κ1) is 73.7. The molecule has 9 aromatic rings. The molecule has 0 aliphatic carbocycles. The number of hydrogen-bond acceptors (Lipinski definition) is 25. The van der Waals surface area contributed by atoms with Crippen molar-refractivity contribution in [2.45, 2.75) is 92.1 Å². The Bertz CT molecular complexity index is 4430. The second kappa shape index (κ2) is 35.4. The maximum absolute atomic E-state index is 15.2. The molecule has 15 atom stereocenters. The van der Waals surface area contributed by atoms with E-state index < -0.39 is 166 Å². The van der Waals surface area contributed by atoms with Crippen LogP contribution in [0, 0.1) is 0 Å². The summed E-state index contributed by atoms with van der Waals surface area (Å²) >= 11 is 0. The summed E-state index contributed by atoms with van der Waals surface area (Å²) in [6.07, 6.45) is -31.8. The van der Waals surface area contributed by atoms with E-state index in [2.05, 4.69) is 0 Å². The number of carbonyl (C=O) groups is 9. The molecule has 0 unspecified atom stereocenters. The Morgan fingerprint density at radius 2 is 0.443 bits per heavy atom. The van der Waals surface area contributed by atoms with Gasteiger partial charge in [0.25, 0.3) is 0 Å². The van der Waals surface area contributed by atoms with Gasteiger partial charge in [-0.25, -0.2) is 43.2 Å². The van der Waals surface area contributed by atoms with Crippen molar-refractivity contribution in [2.24, 2.45) is 0 Å². The first-order valence-electron chi connectivity index (χ1n) is 33.5. The fourth-order valence-electron chi connectivity index (χ4n) is 11.8. The van der Waals surface area contributed by atoms with Gasteiger partial charge in [0.05, 0.1) is 50.1 Å². The topological polar surface area (TPSA) is 323 Å². The third-order valence-corrected chi connectivity index (χ3v) is 17.1. The summed E-state index contributed by atoms with van der Waals surface area (Å²) in [5, 5.41) is 25.5. The van der Waals surface area contributed by atoms with E-state index in [1.165, 1.54) is 170 Å². The zero-order valence-corrected chi connectivity index (χ0v) is 56.0. The standard InChI is InChI=1S/C81H68O25/c82-61-62(99-73(86)52-34-16-4-17-35-52)58(46-93-70(83)49-28-10-1-11-29-49)97-80(65(61)102-76(89)55-40-22-7-23-41-55)106-67-64(101-75(88)54-38-20-6-21-39-54)60(48-95-72(85)51-32-14-3-15-33-51)98-81(69(67)104-78(91)57-44-26-9-27-45-57)105-66-63(100-74(87)53-36-18-5-19-37-53)59(47-94-71(84)50-30-12-2-13-31-50)96-79(92)68(66)103-77(90)56-42-24-8-25-43-56/h1-45,58-69,79-82,92H,46-48H2/t58-,59-,60-,61+,62-,63-,64-,65+,66+,67+,68+,69+,79+,80+,81+/m1/s1. The fourth-order valence-corrected chi connectivity index (χ4v) is 11.8. The maximum atomic E-state index is 15.2. The number of aliphatic hydroxyl groups excluding tert-OH is 2. The van der Waals surface area contributed by atoms with Gasteiger partial charge in [-0.3, -0.25) is 0 Å². The van der Waals surface area contributed by atoms with Gasteiger partial charge in [0.1, 0.15) is 56.4 Å². The average molecular weight is 1440 g/mol. The smallest absolute Gasteiger partial charge is 0.338 e. The molecule has 0 radical (unpaired) electrons. The third kappa shape index (κ3) is 18.5. The van der Waals surface area contributed by atoms with Crippen LogP contribution in [0.3, 0.4) is 0 Å². The van der Waals surface area contributed by atoms with E-state index in [-0.39, 0.29) is 50.1 Å². The lowest BCUT2D eigenvalue weighted by Gasteiger charge is -2.50. The molecule has 3 heterocycles. The lowest BCUT2D eigenvalue weighted by atomic mass is 9.95. The monoisotopic (exact) mass is 1440 g/mol. The molecule has 0 saturated carbocycles. The minimum absolute atomic E-state index is 0.0157. The molecule has 25 heteroatoms. The number of carbonyl (C=O) groups excluding carboxylic acids is 9. The van der Waals surface area contributed by atoms with Gasteiger partial charge in [0.15, 0.2) is 55.5 Å². The van der Waals surface area contributed by atoms with Crippen LogP contribution in [0.25, 0.3) is 0 Å². The van der Waals surface area contributed by atoms with E-state index in [0.717, 1.165) is 0 Å². The van der Waals surface area contributed by atoms with Crippen LogP contribution in [0.2, 0.25) is 0 Å². The number of esters is 9. The van der Waals surface area contributed by atoms with Gasteiger partial charge in [-0.2, -0.15) is 0 Å². The summed E-state index contributed by atoms with van der Waals surface area (Å²) in [5.74, 6) is -9.46. The molecular formula is C81H68O25. The molecular weight excluding hydrogens is 1370 g/mol. The van der Waals surface area contributed by atoms with Gasteiger partial charge < -0.3 is 76.5 Å². The zero-order chi connectivity index (χ0) is 73.9. The Morgan fingerprint density at radius 1 is 0.236 bits per heavy atom. The predicted octanol–water partition coefficient (Wildman–Crippen LogP) is 9.21. The summed E-state index contributed by atoms with van der Waals surface area (Å²) in [6, 6.07) is 67.7. The third-order valence-electron chi connectivity index (χ3n) is 17.1. The maximum Gasteiger partial charge on any atom is 0.338 e. The van der Waals surface area contributed by atoms with Crippen molar-refractivity contribution in [2.75, 3.05) is 19.8 Å². The minimum Gasteiger partial charge on any atom is -0.459 e. The van der Waals surface area contributed by atoms with Crippen LogP contribution in [0.4, 0.5) is 0 Å². The highest BCUT2D eigenvalue weighted by atomic mass is 16.8. The number of hydrogen-bond donors (Lipinski definition) is 2. The molecule has 0 aromatic heterocycles. The molecule has 106 heavy (non-hydrogen) atoms. The van der Waals surface area contributed by atoms with Crippen molar-refractivity contribution in [1.29, 1.82) is 0 Å². The number of aliphatic hydroxyl groups is 2. The highest BCUT2D eigenvalue weighted by Crippen LogP contribution is 2.39. The van der Waals surface area contributed by atoms with Gasteiger partial charge >= 0.3 is 53.7 Å². The normalized spacial score (nSPS) is 23.9. The SMILES string of the molecule is O=C(OC[C@H]1O[C@@H](O[C@@H]2[C@H](OC(=O)c3ccccc3)[C@H](O[C@@H]3[C@H](OC(=O)c4ccccc4)[C@@H](O)O[C@H](COC(=O)c4ccccc4)[C@H]3OC(=O)c3ccccc3)O[C@H](COC(=O)c3ccccc3)[C@H]2OC(=O)c2ccccc2)[C@@H](OC(=O)c2ccccc2)[C@@H](O)[C@@H]1OC(=O)c1ccccc1)c1ccccc1. The van der Waals surface area contributed by atoms with E-state index in [1.54, 1.807) is 103 Å². The van der Waals surface area contributed by atoms with Gasteiger partial charge in [0.2, 0.25) is 0 Å². The molecule has 3 aliphatic heterocycles. The molecule has 3 fully saturated rings. The largest absolute Gasteiger partial charge is 0.459 e. The number of ether oxygens (including phenoxy) is 14. The van der Waals surface area contributed by atoms with Gasteiger partial charge in [-0.05, 0) is 109 Å². The quantitative estimate of drug-likeness (QED) is 0.0397. The average Bonchev–Trinajstić information content (AvgIpc) is 0.760. The predicted molar refractivity (Wildman–Crippen MR) is 368 cm³/mol. The second-order valence-corrected chi connectivity index (χ2v) is 24.2. The fraction of sp³-hybridized carbons (Fsp3) is 0.222. The van der Waals surface area contributed by atoms with Crippen LogP contribution in [0.5, 0.6) is 0 Å². The molecule has 542 valence electrons. The van der Waals surface area contributed by atoms with Crippen LogP contribution < -0.4 is 0 Å². The van der Waals surface area contributed by atoms with Crippen LogP contribution in [0.1, 0.15) is 93.2 Å². The van der Waals surface area contributed by atoms with Crippen LogP contribution in [-0.4, -0.2) is 176 Å². The number of rotatable bonds is 25. The first-order valence-corrected chi connectivity index (χ1v) is 33.5. The molecule has 3 saturated heterocycles. The highest BCUT2D eigenvalue weighted by Gasteiger charge is 2.60. The summed E-state index contributed by atoms with van der Waals surface area (Å²) in [7, 11) is 0. The molecule has 3 aliphatic rings. The van der Waals surface area contributed by atoms with E-state index in [1.807, 2.05) is 0 Å². The summed E-state index contributed by atoms with van der Waals surface area (Å²) in [6.45, 7) is -2.62. The summed E-state index contributed by atoms with van der Waals surface area (Å²) < 4.78 is 89.2. The molecule has 0 amide bonds. The van der Waals surface area contributed by atoms with Crippen molar-refractivity contribution >= 4 is 53.7 Å². The van der Waals surface area contributed by atoms with Crippen molar-refractivity contribution in [3.63, 3.8) is 0 Å². The van der Waals surface area contributed by atoms with Gasteiger partial charge in [-0.15, -0.1) is 0 Å². The van der Waals surface area contributed by atoms with Crippen LogP contribution >= 0.6 is 0 Å². The Hall–Kier alpha value is -12.1. The van der Waals surface area contributed by atoms with Crippen molar-refractivity contribution in [3.05, 3.63) is 323 Å². The summed E-state index contributed by atoms with van der Waals surface area (Å²) in [5.41, 5.74) is -0.348. The first-order chi connectivity index (χ1) is 51.6. The van der Waals surface area contributed by atoms with Crippen molar-refractivity contribution in [3.8, 4) is 0 Å².